The van der Waals surface area contributed by atoms with Crippen LogP contribution in [-0.2, 0) is 0 Å². The van der Waals surface area contributed by atoms with E-state index in [0.717, 1.165) is 12.8 Å². The number of nitriles is 1. The minimum Gasteiger partial charge on any atom is -0.410 e. The molecule has 1 fully saturated rings. The van der Waals surface area contributed by atoms with Crippen LogP contribution in [-0.4, -0.2) is 35.1 Å². The molecule has 0 bridgehead atoms. The third-order valence-electron chi connectivity index (χ3n) is 3.72. The summed E-state index contributed by atoms with van der Waals surface area (Å²) in [6.45, 7) is 1.29. The molecule has 106 valence electrons. The summed E-state index contributed by atoms with van der Waals surface area (Å²) in [6.07, 6.45) is 3.95. The van der Waals surface area contributed by atoms with E-state index in [4.69, 9.17) is 10.00 Å². The molecule has 0 spiro atoms. The van der Waals surface area contributed by atoms with Crippen LogP contribution in [0.3, 0.4) is 0 Å². The van der Waals surface area contributed by atoms with E-state index in [1.165, 1.54) is 0 Å². The molecule has 0 atom stereocenters. The van der Waals surface area contributed by atoms with E-state index in [9.17, 15) is 4.79 Å². The van der Waals surface area contributed by atoms with Crippen molar-refractivity contribution in [2.45, 2.75) is 24.0 Å². The molecule has 4 nitrogen and oxygen atoms in total. The van der Waals surface area contributed by atoms with Crippen molar-refractivity contribution in [1.29, 1.82) is 5.26 Å². The Morgan fingerprint density at radius 3 is 2.60 bits per heavy atom. The molecule has 20 heavy (non-hydrogen) atoms. The van der Waals surface area contributed by atoms with Gasteiger partial charge in [0, 0.05) is 24.3 Å². The van der Waals surface area contributed by atoms with Crippen LogP contribution in [0.4, 0.5) is 4.79 Å². The van der Waals surface area contributed by atoms with Gasteiger partial charge in [-0.1, -0.05) is 18.2 Å². The maximum absolute atomic E-state index is 12.1. The standard InChI is InChI=1S/C15H18N2O2S/c1-20-15(7-10-16)8-11-17(12-9-15)14(18)19-13-5-3-2-4-6-13/h2-6H,7-9,11-12H2,1H3. The molecule has 0 unspecified atom stereocenters. The summed E-state index contributed by atoms with van der Waals surface area (Å²) >= 11 is 1.73. The summed E-state index contributed by atoms with van der Waals surface area (Å²) < 4.78 is 5.33. The van der Waals surface area contributed by atoms with Crippen LogP contribution < -0.4 is 4.74 Å². The number of carbonyl (C=O) groups is 1. The Labute approximate surface area is 123 Å². The number of thioether (sulfide) groups is 1. The largest absolute Gasteiger partial charge is 0.415 e. The molecule has 0 aromatic heterocycles. The van der Waals surface area contributed by atoms with E-state index in [2.05, 4.69) is 6.07 Å². The molecule has 1 aliphatic heterocycles. The van der Waals surface area contributed by atoms with Crippen LogP contribution >= 0.6 is 11.8 Å². The Morgan fingerprint density at radius 1 is 1.40 bits per heavy atom. The molecule has 0 saturated carbocycles. The van der Waals surface area contributed by atoms with E-state index in [1.54, 1.807) is 28.8 Å². The Kier molecular flexibility index (Phi) is 4.91. The van der Waals surface area contributed by atoms with Crippen LogP contribution in [0.25, 0.3) is 0 Å². The second-order valence-electron chi connectivity index (χ2n) is 4.89. The van der Waals surface area contributed by atoms with Gasteiger partial charge in [0.25, 0.3) is 0 Å². The Morgan fingerprint density at radius 2 is 2.05 bits per heavy atom. The molecular weight excluding hydrogens is 272 g/mol. The normalized spacial score (nSPS) is 17.3. The van der Waals surface area contributed by atoms with Gasteiger partial charge in [-0.3, -0.25) is 0 Å². The van der Waals surface area contributed by atoms with Crippen LogP contribution in [0, 0.1) is 11.3 Å². The molecule has 1 aromatic rings. The number of ether oxygens (including phenoxy) is 1. The number of para-hydroxylation sites is 1. The molecule has 0 aliphatic carbocycles. The monoisotopic (exact) mass is 290 g/mol. The summed E-state index contributed by atoms with van der Waals surface area (Å²) in [7, 11) is 0. The van der Waals surface area contributed by atoms with Gasteiger partial charge in [0.2, 0.25) is 0 Å². The van der Waals surface area contributed by atoms with Gasteiger partial charge in [0.05, 0.1) is 6.07 Å². The molecule has 1 saturated heterocycles. The smallest absolute Gasteiger partial charge is 0.410 e. The number of rotatable bonds is 3. The van der Waals surface area contributed by atoms with Gasteiger partial charge >= 0.3 is 6.09 Å². The Hall–Kier alpha value is -1.67. The first kappa shape index (κ1) is 14.7. The van der Waals surface area contributed by atoms with Crippen molar-refractivity contribution in [1.82, 2.24) is 4.90 Å². The Balaban J connectivity index is 1.90. The average molecular weight is 290 g/mol. The zero-order valence-corrected chi connectivity index (χ0v) is 12.4. The molecule has 1 heterocycles. The first-order chi connectivity index (χ1) is 9.69. The first-order valence-corrected chi connectivity index (χ1v) is 7.85. The summed E-state index contributed by atoms with van der Waals surface area (Å²) in [5, 5.41) is 8.92. The SMILES string of the molecule is CSC1(CC#N)CCN(C(=O)Oc2ccccc2)CC1. The van der Waals surface area contributed by atoms with Crippen LogP contribution in [0.15, 0.2) is 30.3 Å². The van der Waals surface area contributed by atoms with Gasteiger partial charge in [-0.15, -0.1) is 0 Å². The van der Waals surface area contributed by atoms with Gasteiger partial charge in [0.1, 0.15) is 5.75 Å². The lowest BCUT2D eigenvalue weighted by Gasteiger charge is -2.38. The van der Waals surface area contributed by atoms with Crippen molar-refractivity contribution in [2.24, 2.45) is 0 Å². The van der Waals surface area contributed by atoms with E-state index < -0.39 is 0 Å². The van der Waals surface area contributed by atoms with E-state index in [0.29, 0.717) is 25.3 Å². The lowest BCUT2D eigenvalue weighted by Crippen LogP contribution is -2.45. The number of hydrogen-bond donors (Lipinski definition) is 0. The molecule has 1 amide bonds. The van der Waals surface area contributed by atoms with Crippen molar-refractivity contribution < 1.29 is 9.53 Å². The number of benzene rings is 1. The fourth-order valence-electron chi connectivity index (χ4n) is 2.35. The highest BCUT2D eigenvalue weighted by Crippen LogP contribution is 2.37. The van der Waals surface area contributed by atoms with E-state index in [1.807, 2.05) is 24.5 Å². The van der Waals surface area contributed by atoms with Crippen molar-refractivity contribution in [3.63, 3.8) is 0 Å². The van der Waals surface area contributed by atoms with Gasteiger partial charge in [0.15, 0.2) is 0 Å². The second kappa shape index (κ2) is 6.67. The van der Waals surface area contributed by atoms with E-state index in [-0.39, 0.29) is 10.8 Å². The van der Waals surface area contributed by atoms with Crippen molar-refractivity contribution in [2.75, 3.05) is 19.3 Å². The second-order valence-corrected chi connectivity index (χ2v) is 6.16. The van der Waals surface area contributed by atoms with Gasteiger partial charge in [-0.2, -0.15) is 17.0 Å². The maximum atomic E-state index is 12.1. The lowest BCUT2D eigenvalue weighted by molar-refractivity contribution is 0.136. The zero-order valence-electron chi connectivity index (χ0n) is 11.5. The first-order valence-electron chi connectivity index (χ1n) is 6.63. The fraction of sp³-hybridized carbons (Fsp3) is 0.467. The number of amides is 1. The molecule has 1 aliphatic rings. The molecular formula is C15H18N2O2S. The summed E-state index contributed by atoms with van der Waals surface area (Å²) in [6, 6.07) is 11.4. The molecule has 2 rings (SSSR count). The molecule has 5 heteroatoms. The highest BCUT2D eigenvalue weighted by molar-refractivity contribution is 8.00. The number of likely N-dealkylation sites (tertiary alicyclic amines) is 1. The van der Waals surface area contributed by atoms with Crippen molar-refractivity contribution in [3.8, 4) is 11.8 Å². The quantitative estimate of drug-likeness (QED) is 0.857. The molecule has 0 radical (unpaired) electrons. The number of carbonyl (C=O) groups excluding carboxylic acids is 1. The minimum absolute atomic E-state index is 0.00171. The zero-order chi connectivity index (χ0) is 14.4. The molecule has 0 N–H and O–H groups in total. The fourth-order valence-corrected chi connectivity index (χ4v) is 3.15. The predicted molar refractivity (Wildman–Crippen MR) is 79.7 cm³/mol. The maximum Gasteiger partial charge on any atom is 0.415 e. The lowest BCUT2D eigenvalue weighted by atomic mass is 9.93. The highest BCUT2D eigenvalue weighted by atomic mass is 32.2. The topological polar surface area (TPSA) is 53.3 Å². The number of nitrogens with zero attached hydrogens (tertiary/aromatic N) is 2. The summed E-state index contributed by atoms with van der Waals surface area (Å²) in [4.78, 5) is 13.8. The van der Waals surface area contributed by atoms with Crippen molar-refractivity contribution in [3.05, 3.63) is 30.3 Å². The van der Waals surface area contributed by atoms with Gasteiger partial charge in [-0.05, 0) is 31.2 Å². The van der Waals surface area contributed by atoms with Crippen LogP contribution in [0.2, 0.25) is 0 Å². The number of piperidine rings is 1. The molecule has 1 aromatic carbocycles. The van der Waals surface area contributed by atoms with Crippen LogP contribution in [0.1, 0.15) is 19.3 Å². The van der Waals surface area contributed by atoms with Crippen molar-refractivity contribution >= 4 is 17.9 Å². The number of hydrogen-bond acceptors (Lipinski definition) is 4. The average Bonchev–Trinajstić information content (AvgIpc) is 2.49. The predicted octanol–water partition coefficient (Wildman–Crippen LogP) is 3.30. The van der Waals surface area contributed by atoms with Gasteiger partial charge in [-0.25, -0.2) is 4.79 Å². The summed E-state index contributed by atoms with van der Waals surface area (Å²) in [5.74, 6) is 0.566. The minimum atomic E-state index is -0.303. The third-order valence-corrected chi connectivity index (χ3v) is 5.13. The van der Waals surface area contributed by atoms with Gasteiger partial charge < -0.3 is 9.64 Å². The Bertz CT molecular complexity index is 490. The third kappa shape index (κ3) is 3.45. The van der Waals surface area contributed by atoms with Crippen LogP contribution in [0.5, 0.6) is 5.75 Å². The highest BCUT2D eigenvalue weighted by Gasteiger charge is 2.35. The summed E-state index contributed by atoms with van der Waals surface area (Å²) in [5.41, 5.74) is 0. The van der Waals surface area contributed by atoms with E-state index >= 15 is 0 Å².